The number of thioether (sulfide) groups is 1. The highest BCUT2D eigenvalue weighted by molar-refractivity contribution is 7.99. The first kappa shape index (κ1) is 15.2. The van der Waals surface area contributed by atoms with Crippen molar-refractivity contribution in [1.29, 1.82) is 0 Å². The quantitative estimate of drug-likeness (QED) is 0.937. The maximum Gasteiger partial charge on any atom is 0.137 e. The molecular weight excluding hydrogens is 304 g/mol. The van der Waals surface area contributed by atoms with Gasteiger partial charge in [0.2, 0.25) is 0 Å². The summed E-state index contributed by atoms with van der Waals surface area (Å²) in [6.45, 7) is 1.02. The Bertz CT molecular complexity index is 634. The predicted molar refractivity (Wildman–Crippen MR) is 94.9 cm³/mol. The molecule has 3 heterocycles. The maximum absolute atomic E-state index is 4.46. The van der Waals surface area contributed by atoms with E-state index in [0.717, 1.165) is 31.0 Å². The highest BCUT2D eigenvalue weighted by Crippen LogP contribution is 2.21. The molecular formula is C18H24N4S. The fourth-order valence-electron chi connectivity index (χ4n) is 3.63. The van der Waals surface area contributed by atoms with Crippen LogP contribution in [0.3, 0.4) is 0 Å². The van der Waals surface area contributed by atoms with E-state index < -0.39 is 0 Å². The minimum absolute atomic E-state index is 0.570. The number of hydrogen-bond donors (Lipinski definition) is 1. The molecule has 4 nitrogen and oxygen atoms in total. The first-order valence-corrected chi connectivity index (χ1v) is 9.82. The van der Waals surface area contributed by atoms with E-state index in [4.69, 9.17) is 0 Å². The molecule has 1 aromatic carbocycles. The fourth-order valence-corrected chi connectivity index (χ4v) is 4.73. The molecule has 23 heavy (non-hydrogen) atoms. The smallest absolute Gasteiger partial charge is 0.137 e. The average Bonchev–Trinajstić information content (AvgIpc) is 2.99. The van der Waals surface area contributed by atoms with Gasteiger partial charge in [0.1, 0.15) is 11.6 Å². The van der Waals surface area contributed by atoms with Crippen molar-refractivity contribution in [2.24, 2.45) is 0 Å². The second-order valence-electron chi connectivity index (χ2n) is 6.59. The highest BCUT2D eigenvalue weighted by Gasteiger charge is 2.25. The Hall–Kier alpha value is -1.33. The van der Waals surface area contributed by atoms with Gasteiger partial charge in [0.15, 0.2) is 0 Å². The van der Waals surface area contributed by atoms with E-state index >= 15 is 0 Å². The Morgan fingerprint density at radius 3 is 2.70 bits per heavy atom. The minimum atomic E-state index is 0.570. The van der Waals surface area contributed by atoms with E-state index in [0.29, 0.717) is 12.1 Å². The molecule has 1 atom stereocenters. The van der Waals surface area contributed by atoms with Gasteiger partial charge in [0.05, 0.1) is 0 Å². The minimum Gasteiger partial charge on any atom is -0.313 e. The van der Waals surface area contributed by atoms with Crippen molar-refractivity contribution in [2.75, 3.05) is 11.5 Å². The van der Waals surface area contributed by atoms with Crippen molar-refractivity contribution in [3.8, 4) is 0 Å². The number of rotatable bonds is 4. The summed E-state index contributed by atoms with van der Waals surface area (Å²) < 4.78 is 2.35. The van der Waals surface area contributed by atoms with Gasteiger partial charge in [0, 0.05) is 31.5 Å². The van der Waals surface area contributed by atoms with Gasteiger partial charge in [-0.3, -0.25) is 0 Å². The van der Waals surface area contributed by atoms with Crippen LogP contribution in [0.2, 0.25) is 0 Å². The molecule has 2 aliphatic rings. The van der Waals surface area contributed by atoms with Crippen molar-refractivity contribution in [2.45, 2.75) is 50.7 Å². The van der Waals surface area contributed by atoms with E-state index in [1.807, 2.05) is 0 Å². The highest BCUT2D eigenvalue weighted by atomic mass is 32.2. The summed E-state index contributed by atoms with van der Waals surface area (Å²) in [5.74, 6) is 4.88. The average molecular weight is 328 g/mol. The van der Waals surface area contributed by atoms with Crippen LogP contribution in [0.25, 0.3) is 0 Å². The molecule has 2 aliphatic heterocycles. The van der Waals surface area contributed by atoms with Crippen molar-refractivity contribution < 1.29 is 0 Å². The molecule has 122 valence electrons. The van der Waals surface area contributed by atoms with Gasteiger partial charge < -0.3 is 9.88 Å². The van der Waals surface area contributed by atoms with Crippen LogP contribution in [0, 0.1) is 0 Å². The first-order valence-electron chi connectivity index (χ1n) is 8.67. The standard InChI is InChI=1S/C18H24N4S/c1-2-4-14(5-3-1)12-18-21-20-17-7-6-16(13-22(17)18)19-15-8-10-23-11-9-15/h1-5,15-16,19H,6-13H2/t16-/m0/s1. The molecule has 0 saturated carbocycles. The van der Waals surface area contributed by atoms with E-state index in [1.54, 1.807) is 0 Å². The summed E-state index contributed by atoms with van der Waals surface area (Å²) in [7, 11) is 0. The third-order valence-electron chi connectivity index (χ3n) is 4.92. The summed E-state index contributed by atoms with van der Waals surface area (Å²) >= 11 is 2.09. The second-order valence-corrected chi connectivity index (χ2v) is 7.82. The Kier molecular flexibility index (Phi) is 4.67. The van der Waals surface area contributed by atoms with Crippen LogP contribution < -0.4 is 5.32 Å². The van der Waals surface area contributed by atoms with Crippen LogP contribution in [0.5, 0.6) is 0 Å². The summed E-state index contributed by atoms with van der Waals surface area (Å²) in [4.78, 5) is 0. The number of nitrogens with one attached hydrogen (secondary N) is 1. The molecule has 5 heteroatoms. The first-order chi connectivity index (χ1) is 11.4. The van der Waals surface area contributed by atoms with E-state index in [2.05, 4.69) is 62.2 Å². The van der Waals surface area contributed by atoms with Crippen LogP contribution in [0.15, 0.2) is 30.3 Å². The molecule has 2 aromatic rings. The van der Waals surface area contributed by atoms with Gasteiger partial charge in [0.25, 0.3) is 0 Å². The number of aromatic nitrogens is 3. The van der Waals surface area contributed by atoms with Crippen LogP contribution in [-0.2, 0) is 19.4 Å². The summed E-state index contributed by atoms with van der Waals surface area (Å²) in [6.07, 6.45) is 5.73. The van der Waals surface area contributed by atoms with Crippen LogP contribution >= 0.6 is 11.8 Å². The molecule has 1 fully saturated rings. The lowest BCUT2D eigenvalue weighted by Crippen LogP contribution is -2.45. The molecule has 1 N–H and O–H groups in total. The van der Waals surface area contributed by atoms with E-state index in [1.165, 1.54) is 36.3 Å². The lowest BCUT2D eigenvalue weighted by molar-refractivity contribution is 0.327. The molecule has 0 aliphatic carbocycles. The van der Waals surface area contributed by atoms with Crippen molar-refractivity contribution >= 4 is 11.8 Å². The molecule has 0 spiro atoms. The third-order valence-corrected chi connectivity index (χ3v) is 5.97. The normalized spacial score (nSPS) is 22.0. The number of nitrogens with zero attached hydrogens (tertiary/aromatic N) is 3. The van der Waals surface area contributed by atoms with Gasteiger partial charge >= 0.3 is 0 Å². The molecule has 0 bridgehead atoms. The Labute approximate surface area is 142 Å². The van der Waals surface area contributed by atoms with E-state index in [-0.39, 0.29) is 0 Å². The zero-order valence-electron chi connectivity index (χ0n) is 13.4. The lowest BCUT2D eigenvalue weighted by atomic mass is 10.0. The van der Waals surface area contributed by atoms with Crippen molar-refractivity contribution in [1.82, 2.24) is 20.1 Å². The topological polar surface area (TPSA) is 42.7 Å². The lowest BCUT2D eigenvalue weighted by Gasteiger charge is -2.31. The number of aryl methyl sites for hydroxylation is 1. The number of fused-ring (bicyclic) bond motifs is 1. The third kappa shape index (κ3) is 3.61. The molecule has 4 rings (SSSR count). The van der Waals surface area contributed by atoms with E-state index in [9.17, 15) is 0 Å². The summed E-state index contributed by atoms with van der Waals surface area (Å²) in [5, 5.41) is 12.8. The van der Waals surface area contributed by atoms with Gasteiger partial charge in [-0.15, -0.1) is 10.2 Å². The van der Waals surface area contributed by atoms with Gasteiger partial charge in [-0.05, 0) is 36.3 Å². The van der Waals surface area contributed by atoms with Gasteiger partial charge in [-0.2, -0.15) is 11.8 Å². The molecule has 1 aromatic heterocycles. The second kappa shape index (κ2) is 7.05. The number of hydrogen-bond acceptors (Lipinski definition) is 4. The summed E-state index contributed by atoms with van der Waals surface area (Å²) in [5.41, 5.74) is 1.31. The predicted octanol–water partition coefficient (Wildman–Crippen LogP) is 2.67. The Morgan fingerprint density at radius 2 is 1.87 bits per heavy atom. The van der Waals surface area contributed by atoms with Crippen LogP contribution in [0.1, 0.15) is 36.5 Å². The van der Waals surface area contributed by atoms with Crippen LogP contribution in [0.4, 0.5) is 0 Å². The molecule has 0 radical (unpaired) electrons. The Morgan fingerprint density at radius 1 is 1.04 bits per heavy atom. The molecule has 0 unspecified atom stereocenters. The van der Waals surface area contributed by atoms with Crippen molar-refractivity contribution in [3.05, 3.63) is 47.5 Å². The fraction of sp³-hybridized carbons (Fsp3) is 0.556. The SMILES string of the molecule is c1ccc(Cc2nnc3n2C[C@@H](NC2CCSCC2)CC3)cc1. The summed E-state index contributed by atoms with van der Waals surface area (Å²) in [6, 6.07) is 11.9. The van der Waals surface area contributed by atoms with Crippen molar-refractivity contribution in [3.63, 3.8) is 0 Å². The van der Waals surface area contributed by atoms with Crippen LogP contribution in [-0.4, -0.2) is 38.4 Å². The molecule has 1 saturated heterocycles. The van der Waals surface area contributed by atoms with Gasteiger partial charge in [-0.25, -0.2) is 0 Å². The van der Waals surface area contributed by atoms with Gasteiger partial charge in [-0.1, -0.05) is 30.3 Å². The zero-order chi connectivity index (χ0) is 15.5. The maximum atomic E-state index is 4.46. The molecule has 0 amide bonds. The largest absolute Gasteiger partial charge is 0.313 e. The zero-order valence-corrected chi connectivity index (χ0v) is 14.3. The monoisotopic (exact) mass is 328 g/mol. The number of benzene rings is 1. The Balaban J connectivity index is 1.44.